The maximum Gasteiger partial charge on any atom is 0.258 e. The Hall–Kier alpha value is -4.27. The summed E-state index contributed by atoms with van der Waals surface area (Å²) in [6, 6.07) is 27.4. The van der Waals surface area contributed by atoms with Crippen LogP contribution in [0.1, 0.15) is 21.7 Å². The van der Waals surface area contributed by atoms with Gasteiger partial charge in [0.05, 0.1) is 32.7 Å². The summed E-state index contributed by atoms with van der Waals surface area (Å²) in [6.45, 7) is 0. The van der Waals surface area contributed by atoms with Crippen LogP contribution in [0.25, 0.3) is 33.3 Å². The molecule has 0 aliphatic heterocycles. The first-order valence-corrected chi connectivity index (χ1v) is 12.9. The van der Waals surface area contributed by atoms with E-state index in [9.17, 15) is 4.79 Å². The van der Waals surface area contributed by atoms with Gasteiger partial charge in [-0.25, -0.2) is 4.98 Å². The standard InChI is InChI=1S/C28H19N5OS2/c34-27(31-28-30-23-9-2-4-11-26(23)36-28)21-8-1-3-10-25(21)35-19-13-14-20-22(32-33-24(20)17-19)15-12-18-7-5-6-16-29-18/h1-17H,(H,32,33)(H,30,31,34)/b15-12+. The highest BCUT2D eigenvalue weighted by molar-refractivity contribution is 7.99. The van der Waals surface area contributed by atoms with Gasteiger partial charge < -0.3 is 0 Å². The van der Waals surface area contributed by atoms with Crippen molar-refractivity contribution in [1.82, 2.24) is 20.2 Å². The summed E-state index contributed by atoms with van der Waals surface area (Å²) >= 11 is 3.00. The van der Waals surface area contributed by atoms with Crippen molar-refractivity contribution in [1.29, 1.82) is 0 Å². The average Bonchev–Trinajstić information content (AvgIpc) is 3.51. The van der Waals surface area contributed by atoms with Crippen LogP contribution in [0.2, 0.25) is 0 Å². The number of rotatable bonds is 6. The number of anilines is 1. The minimum Gasteiger partial charge on any atom is -0.298 e. The van der Waals surface area contributed by atoms with Gasteiger partial charge in [-0.2, -0.15) is 5.10 Å². The van der Waals surface area contributed by atoms with E-state index in [1.54, 1.807) is 6.20 Å². The summed E-state index contributed by atoms with van der Waals surface area (Å²) in [5.41, 5.74) is 4.13. The highest BCUT2D eigenvalue weighted by atomic mass is 32.2. The van der Waals surface area contributed by atoms with E-state index in [4.69, 9.17) is 0 Å². The molecule has 8 heteroatoms. The van der Waals surface area contributed by atoms with Gasteiger partial charge >= 0.3 is 0 Å². The number of fused-ring (bicyclic) bond motifs is 2. The zero-order valence-electron chi connectivity index (χ0n) is 18.9. The number of amides is 1. The van der Waals surface area contributed by atoms with Crippen molar-refractivity contribution in [2.75, 3.05) is 5.32 Å². The Labute approximate surface area is 215 Å². The Morgan fingerprint density at radius 3 is 2.69 bits per heavy atom. The molecule has 0 unspecified atom stereocenters. The van der Waals surface area contributed by atoms with Gasteiger partial charge in [0, 0.05) is 21.4 Å². The molecule has 0 spiro atoms. The summed E-state index contributed by atoms with van der Waals surface area (Å²) in [6.07, 6.45) is 5.66. The maximum absolute atomic E-state index is 13.1. The first-order chi connectivity index (χ1) is 17.7. The Morgan fingerprint density at radius 2 is 1.81 bits per heavy atom. The lowest BCUT2D eigenvalue weighted by atomic mass is 10.2. The first-order valence-electron chi connectivity index (χ1n) is 11.2. The smallest absolute Gasteiger partial charge is 0.258 e. The summed E-state index contributed by atoms with van der Waals surface area (Å²) in [7, 11) is 0. The SMILES string of the molecule is O=C(Nc1nc2ccccc2s1)c1ccccc1Sc1ccc2c(/C=C/c3ccccn3)n[nH]c2c1. The lowest BCUT2D eigenvalue weighted by molar-refractivity contribution is 0.102. The molecule has 0 aliphatic carbocycles. The third-order valence-electron chi connectivity index (χ3n) is 5.54. The summed E-state index contributed by atoms with van der Waals surface area (Å²) in [5, 5.41) is 12.1. The van der Waals surface area contributed by atoms with Crippen molar-refractivity contribution in [3.8, 4) is 0 Å². The van der Waals surface area contributed by atoms with E-state index in [-0.39, 0.29) is 5.91 Å². The molecule has 6 aromatic rings. The predicted octanol–water partition coefficient (Wildman–Crippen LogP) is 7.14. The van der Waals surface area contributed by atoms with E-state index in [1.807, 2.05) is 97.1 Å². The molecule has 0 saturated heterocycles. The quantitative estimate of drug-likeness (QED) is 0.251. The molecule has 3 aromatic carbocycles. The molecule has 36 heavy (non-hydrogen) atoms. The van der Waals surface area contributed by atoms with Gasteiger partial charge in [0.1, 0.15) is 0 Å². The molecule has 6 nitrogen and oxygen atoms in total. The number of carbonyl (C=O) groups excluding carboxylic acids is 1. The molecular weight excluding hydrogens is 486 g/mol. The van der Waals surface area contributed by atoms with E-state index in [0.29, 0.717) is 10.7 Å². The third kappa shape index (κ3) is 4.64. The lowest BCUT2D eigenvalue weighted by Gasteiger charge is -2.09. The van der Waals surface area contributed by atoms with E-state index < -0.39 is 0 Å². The third-order valence-corrected chi connectivity index (χ3v) is 7.55. The van der Waals surface area contributed by atoms with Gasteiger partial charge in [0.25, 0.3) is 5.91 Å². The van der Waals surface area contributed by atoms with Gasteiger partial charge in [-0.05, 0) is 66.7 Å². The largest absolute Gasteiger partial charge is 0.298 e. The number of aromatic nitrogens is 4. The van der Waals surface area contributed by atoms with Gasteiger partial charge in [-0.1, -0.05) is 53.4 Å². The second-order valence-corrected chi connectivity index (χ2v) is 10.1. The van der Waals surface area contributed by atoms with Gasteiger partial charge in [-0.15, -0.1) is 0 Å². The van der Waals surface area contributed by atoms with Crippen LogP contribution in [0.5, 0.6) is 0 Å². The Balaban J connectivity index is 1.22. The number of pyridine rings is 1. The van der Waals surface area contributed by atoms with Gasteiger partial charge in [0.15, 0.2) is 5.13 Å². The minimum atomic E-state index is -0.179. The summed E-state index contributed by atoms with van der Waals surface area (Å²) in [5.74, 6) is -0.179. The number of H-pyrrole nitrogens is 1. The van der Waals surface area contributed by atoms with E-state index in [1.165, 1.54) is 23.1 Å². The van der Waals surface area contributed by atoms with Crippen molar-refractivity contribution < 1.29 is 4.79 Å². The molecule has 0 radical (unpaired) electrons. The van der Waals surface area contributed by atoms with Crippen molar-refractivity contribution in [3.05, 3.63) is 108 Å². The number of nitrogens with one attached hydrogen (secondary N) is 2. The predicted molar refractivity (Wildman–Crippen MR) is 147 cm³/mol. The number of benzene rings is 3. The lowest BCUT2D eigenvalue weighted by Crippen LogP contribution is -2.12. The molecule has 0 bridgehead atoms. The molecule has 0 fully saturated rings. The summed E-state index contributed by atoms with van der Waals surface area (Å²) in [4.78, 5) is 23.8. The monoisotopic (exact) mass is 505 g/mol. The van der Waals surface area contributed by atoms with Crippen LogP contribution in [0, 0.1) is 0 Å². The van der Waals surface area contributed by atoms with Crippen LogP contribution in [-0.2, 0) is 0 Å². The molecule has 1 amide bonds. The number of hydrogen-bond acceptors (Lipinski definition) is 6. The van der Waals surface area contributed by atoms with Crippen LogP contribution in [0.15, 0.2) is 101 Å². The van der Waals surface area contributed by atoms with E-state index >= 15 is 0 Å². The van der Waals surface area contributed by atoms with E-state index in [0.717, 1.165) is 42.3 Å². The Bertz CT molecular complexity index is 1690. The topological polar surface area (TPSA) is 83.6 Å². The summed E-state index contributed by atoms with van der Waals surface area (Å²) < 4.78 is 1.04. The van der Waals surface area contributed by atoms with Crippen LogP contribution < -0.4 is 5.32 Å². The second-order valence-electron chi connectivity index (χ2n) is 7.94. The second kappa shape index (κ2) is 9.77. The molecule has 6 rings (SSSR count). The Kier molecular flexibility index (Phi) is 6.03. The molecule has 2 N–H and O–H groups in total. The fraction of sp³-hybridized carbons (Fsp3) is 0. The normalized spacial score (nSPS) is 11.4. The molecule has 0 saturated carbocycles. The molecule has 3 aromatic heterocycles. The molecule has 0 atom stereocenters. The minimum absolute atomic E-state index is 0.179. The molecular formula is C28H19N5OS2. The van der Waals surface area contributed by atoms with Crippen molar-refractivity contribution in [2.45, 2.75) is 9.79 Å². The first kappa shape index (κ1) is 22.2. The van der Waals surface area contributed by atoms with Gasteiger partial charge in [-0.3, -0.25) is 20.2 Å². The van der Waals surface area contributed by atoms with Crippen molar-refractivity contribution in [2.24, 2.45) is 0 Å². The fourth-order valence-corrected chi connectivity index (χ4v) is 5.65. The van der Waals surface area contributed by atoms with Crippen LogP contribution >= 0.6 is 23.1 Å². The van der Waals surface area contributed by atoms with Crippen molar-refractivity contribution >= 4 is 67.4 Å². The molecule has 3 heterocycles. The average molecular weight is 506 g/mol. The number of thiazole rings is 1. The van der Waals surface area contributed by atoms with Crippen molar-refractivity contribution in [3.63, 3.8) is 0 Å². The highest BCUT2D eigenvalue weighted by Gasteiger charge is 2.15. The Morgan fingerprint density at radius 1 is 0.944 bits per heavy atom. The fourth-order valence-electron chi connectivity index (χ4n) is 3.81. The van der Waals surface area contributed by atoms with Crippen LogP contribution in [-0.4, -0.2) is 26.1 Å². The highest BCUT2D eigenvalue weighted by Crippen LogP contribution is 2.34. The number of carbonyl (C=O) groups is 1. The zero-order valence-corrected chi connectivity index (χ0v) is 20.5. The number of hydrogen-bond donors (Lipinski definition) is 2. The number of nitrogens with zero attached hydrogens (tertiary/aromatic N) is 3. The maximum atomic E-state index is 13.1. The van der Waals surface area contributed by atoms with Gasteiger partial charge in [0.2, 0.25) is 0 Å². The molecule has 174 valence electrons. The number of para-hydroxylation sites is 1. The zero-order chi connectivity index (χ0) is 24.3. The number of aromatic amines is 1. The van der Waals surface area contributed by atoms with Crippen LogP contribution in [0.3, 0.4) is 0 Å². The van der Waals surface area contributed by atoms with Crippen LogP contribution in [0.4, 0.5) is 5.13 Å². The van der Waals surface area contributed by atoms with E-state index in [2.05, 4.69) is 25.5 Å². The molecule has 0 aliphatic rings.